The molecule has 0 N–H and O–H groups in total. The van der Waals surface area contributed by atoms with Crippen LogP contribution in [0.5, 0.6) is 0 Å². The second-order valence-corrected chi connectivity index (χ2v) is 5.45. The molecule has 2 nitrogen and oxygen atoms in total. The summed E-state index contributed by atoms with van der Waals surface area (Å²) >= 11 is 0. The number of hydrogen-bond acceptors (Lipinski definition) is 2. The zero-order valence-corrected chi connectivity index (χ0v) is 10.9. The van der Waals surface area contributed by atoms with Crippen LogP contribution in [0.4, 0.5) is 0 Å². The molecule has 0 aromatic carbocycles. The Balaban J connectivity index is 0. The third kappa shape index (κ3) is 10.2. The Labute approximate surface area is 97.2 Å². The van der Waals surface area contributed by atoms with E-state index in [9.17, 15) is 9.90 Å². The molecular formula is C10H19MgO2+. The summed E-state index contributed by atoms with van der Waals surface area (Å²) in [5, 5.41) is 10.4. The van der Waals surface area contributed by atoms with Crippen molar-refractivity contribution in [2.45, 2.75) is 47.5 Å². The maximum absolute atomic E-state index is 10.4. The van der Waals surface area contributed by atoms with E-state index < -0.39 is 5.97 Å². The summed E-state index contributed by atoms with van der Waals surface area (Å²) in [6.45, 7) is 10.3. The molecule has 0 aromatic rings. The van der Waals surface area contributed by atoms with Gasteiger partial charge in [-0.1, -0.05) is 34.6 Å². The second-order valence-electron chi connectivity index (χ2n) is 5.45. The zero-order chi connectivity index (χ0) is 9.99. The van der Waals surface area contributed by atoms with Crippen LogP contribution in [-0.4, -0.2) is 29.0 Å². The first kappa shape index (κ1) is 15.7. The SMILES string of the molecule is CC(C)(C)CC(C)(C)CC(=O)[O-].[Mg+2]. The fraction of sp³-hybridized carbons (Fsp3) is 0.900. The average Bonchev–Trinajstić information content (AvgIpc) is 1.48. The predicted molar refractivity (Wildman–Crippen MR) is 53.2 cm³/mol. The van der Waals surface area contributed by atoms with Crippen LogP contribution in [-0.2, 0) is 4.79 Å². The Morgan fingerprint density at radius 1 is 1.15 bits per heavy atom. The third-order valence-corrected chi connectivity index (χ3v) is 1.63. The third-order valence-electron chi connectivity index (χ3n) is 1.63. The minimum atomic E-state index is -0.954. The number of aliphatic carboxylic acids is 1. The molecular weight excluding hydrogens is 176 g/mol. The molecule has 0 aromatic heterocycles. The van der Waals surface area contributed by atoms with Crippen LogP contribution in [0.2, 0.25) is 0 Å². The van der Waals surface area contributed by atoms with Crippen molar-refractivity contribution in [3.8, 4) is 0 Å². The van der Waals surface area contributed by atoms with Gasteiger partial charge in [-0.15, -0.1) is 0 Å². The Morgan fingerprint density at radius 2 is 1.54 bits per heavy atom. The van der Waals surface area contributed by atoms with E-state index in [4.69, 9.17) is 0 Å². The first-order chi connectivity index (χ1) is 5.12. The maximum atomic E-state index is 10.4. The molecule has 0 aliphatic carbocycles. The van der Waals surface area contributed by atoms with E-state index in [1.165, 1.54) is 0 Å². The smallest absolute Gasteiger partial charge is 0.550 e. The molecule has 0 fully saturated rings. The van der Waals surface area contributed by atoms with Gasteiger partial charge in [0.25, 0.3) is 0 Å². The van der Waals surface area contributed by atoms with Crippen molar-refractivity contribution in [2.75, 3.05) is 0 Å². The van der Waals surface area contributed by atoms with E-state index in [1.54, 1.807) is 0 Å². The monoisotopic (exact) mass is 195 g/mol. The molecule has 0 saturated carbocycles. The van der Waals surface area contributed by atoms with Crippen molar-refractivity contribution in [1.29, 1.82) is 0 Å². The van der Waals surface area contributed by atoms with Crippen LogP contribution in [0.1, 0.15) is 47.5 Å². The fourth-order valence-electron chi connectivity index (χ4n) is 1.89. The molecule has 0 aliphatic heterocycles. The summed E-state index contributed by atoms with van der Waals surface area (Å²) in [4.78, 5) is 10.4. The quantitative estimate of drug-likeness (QED) is 0.635. The molecule has 0 bridgehead atoms. The molecule has 0 spiro atoms. The van der Waals surface area contributed by atoms with Crippen LogP contribution in [0.15, 0.2) is 0 Å². The van der Waals surface area contributed by atoms with Crippen molar-refractivity contribution in [2.24, 2.45) is 10.8 Å². The van der Waals surface area contributed by atoms with Gasteiger partial charge in [0.05, 0.1) is 0 Å². The van der Waals surface area contributed by atoms with Crippen LogP contribution >= 0.6 is 0 Å². The molecule has 0 unspecified atom stereocenters. The molecule has 0 radical (unpaired) electrons. The van der Waals surface area contributed by atoms with Gasteiger partial charge in [0.15, 0.2) is 0 Å². The molecule has 0 atom stereocenters. The second kappa shape index (κ2) is 5.20. The van der Waals surface area contributed by atoms with Crippen molar-refractivity contribution >= 4 is 29.0 Å². The van der Waals surface area contributed by atoms with Gasteiger partial charge in [0.1, 0.15) is 0 Å². The summed E-state index contributed by atoms with van der Waals surface area (Å²) in [6.07, 6.45) is 1.04. The minimum Gasteiger partial charge on any atom is -0.550 e. The molecule has 0 aliphatic rings. The number of carbonyl (C=O) groups excluding carboxylic acids is 1. The first-order valence-electron chi connectivity index (χ1n) is 4.32. The van der Waals surface area contributed by atoms with Crippen LogP contribution in [0.25, 0.3) is 0 Å². The molecule has 0 saturated heterocycles. The summed E-state index contributed by atoms with van der Waals surface area (Å²) < 4.78 is 0. The van der Waals surface area contributed by atoms with Gasteiger partial charge in [0.2, 0.25) is 0 Å². The van der Waals surface area contributed by atoms with Crippen molar-refractivity contribution in [1.82, 2.24) is 0 Å². The largest absolute Gasteiger partial charge is 2.00 e. The van der Waals surface area contributed by atoms with E-state index in [0.717, 1.165) is 6.42 Å². The topological polar surface area (TPSA) is 40.1 Å². The molecule has 3 heteroatoms. The van der Waals surface area contributed by atoms with Crippen LogP contribution in [0.3, 0.4) is 0 Å². The molecule has 0 amide bonds. The Bertz CT molecular complexity index is 168. The Morgan fingerprint density at radius 3 is 1.77 bits per heavy atom. The van der Waals surface area contributed by atoms with E-state index >= 15 is 0 Å². The van der Waals surface area contributed by atoms with Gasteiger partial charge in [-0.3, -0.25) is 0 Å². The van der Waals surface area contributed by atoms with Crippen LogP contribution in [0, 0.1) is 10.8 Å². The Kier molecular flexibility index (Phi) is 6.28. The normalized spacial score (nSPS) is 12.1. The number of carboxylic acids is 1. The summed E-state index contributed by atoms with van der Waals surface area (Å²) in [5.41, 5.74) is 0.0238. The first-order valence-corrected chi connectivity index (χ1v) is 4.32. The fourth-order valence-corrected chi connectivity index (χ4v) is 1.89. The maximum Gasteiger partial charge on any atom is 2.00 e. The molecule has 13 heavy (non-hydrogen) atoms. The standard InChI is InChI=1S/C10H20O2.Mg/c1-9(2,3)7-10(4,5)6-8(11)12;/h6-7H2,1-5H3,(H,11,12);/q;+2/p-1. The number of carbonyl (C=O) groups is 1. The molecule has 72 valence electrons. The van der Waals surface area contributed by atoms with E-state index in [1.807, 2.05) is 13.8 Å². The van der Waals surface area contributed by atoms with Gasteiger partial charge >= 0.3 is 23.1 Å². The van der Waals surface area contributed by atoms with Crippen LogP contribution < -0.4 is 5.11 Å². The van der Waals surface area contributed by atoms with Gasteiger partial charge in [-0.05, 0) is 23.7 Å². The number of rotatable bonds is 3. The van der Waals surface area contributed by atoms with Gasteiger partial charge in [-0.25, -0.2) is 0 Å². The summed E-state index contributed by atoms with van der Waals surface area (Å²) in [7, 11) is 0. The van der Waals surface area contributed by atoms with Crippen molar-refractivity contribution in [3.63, 3.8) is 0 Å². The van der Waals surface area contributed by atoms with Crippen molar-refractivity contribution < 1.29 is 9.90 Å². The number of carboxylic acid groups (broad SMARTS) is 1. The van der Waals surface area contributed by atoms with Gasteiger partial charge in [0, 0.05) is 5.97 Å². The van der Waals surface area contributed by atoms with Gasteiger partial charge in [-0.2, -0.15) is 0 Å². The van der Waals surface area contributed by atoms with E-state index in [-0.39, 0.29) is 40.3 Å². The van der Waals surface area contributed by atoms with E-state index in [2.05, 4.69) is 20.8 Å². The molecule has 0 heterocycles. The zero-order valence-electron chi connectivity index (χ0n) is 9.44. The van der Waals surface area contributed by atoms with E-state index in [0.29, 0.717) is 0 Å². The summed E-state index contributed by atoms with van der Waals surface area (Å²) in [6, 6.07) is 0. The average molecular weight is 196 g/mol. The summed E-state index contributed by atoms with van der Waals surface area (Å²) in [5.74, 6) is -0.954. The Hall–Kier alpha value is 0.236. The van der Waals surface area contributed by atoms with Gasteiger partial charge < -0.3 is 9.90 Å². The molecule has 0 rings (SSSR count). The number of hydrogen-bond donors (Lipinski definition) is 0. The predicted octanol–water partition coefficient (Wildman–Crippen LogP) is 1.21. The van der Waals surface area contributed by atoms with Crippen molar-refractivity contribution in [3.05, 3.63) is 0 Å². The minimum absolute atomic E-state index is 0.